The van der Waals surface area contributed by atoms with Crippen molar-refractivity contribution in [1.29, 1.82) is 0 Å². The summed E-state index contributed by atoms with van der Waals surface area (Å²) in [6.45, 7) is 2.29. The largest absolute Gasteiger partial charge is 0.497 e. The van der Waals surface area contributed by atoms with Gasteiger partial charge in [0, 0.05) is 19.6 Å². The van der Waals surface area contributed by atoms with Gasteiger partial charge in [0.25, 0.3) is 0 Å². The number of carboxylic acids is 1. The van der Waals surface area contributed by atoms with Gasteiger partial charge in [-0.1, -0.05) is 19.1 Å². The van der Waals surface area contributed by atoms with E-state index < -0.39 is 5.97 Å². The highest BCUT2D eigenvalue weighted by atomic mass is 16.5. The molecular weight excluding hydrogens is 272 g/mol. The maximum atomic E-state index is 12.0. The first-order chi connectivity index (χ1) is 9.96. The van der Waals surface area contributed by atoms with Gasteiger partial charge in [0.15, 0.2) is 0 Å². The van der Waals surface area contributed by atoms with Crippen LogP contribution in [-0.2, 0) is 11.3 Å². The van der Waals surface area contributed by atoms with Crippen molar-refractivity contribution in [3.05, 3.63) is 29.8 Å². The van der Waals surface area contributed by atoms with Gasteiger partial charge in [-0.25, -0.2) is 4.79 Å². The van der Waals surface area contributed by atoms with Crippen LogP contribution in [0, 0.1) is 0 Å². The number of hydrogen-bond acceptors (Lipinski definition) is 3. The third kappa shape index (κ3) is 5.72. The van der Waals surface area contributed by atoms with Crippen molar-refractivity contribution < 1.29 is 19.4 Å². The van der Waals surface area contributed by atoms with Crippen molar-refractivity contribution in [2.45, 2.75) is 32.4 Å². The Morgan fingerprint density at radius 3 is 2.43 bits per heavy atom. The number of amides is 2. The minimum atomic E-state index is -0.917. The smallest absolute Gasteiger partial charge is 0.317 e. The molecule has 6 heteroatoms. The Morgan fingerprint density at radius 1 is 1.33 bits per heavy atom. The first kappa shape index (κ1) is 16.8. The second kappa shape index (κ2) is 8.14. The van der Waals surface area contributed by atoms with Crippen LogP contribution in [0.15, 0.2) is 24.3 Å². The minimum Gasteiger partial charge on any atom is -0.497 e. The summed E-state index contributed by atoms with van der Waals surface area (Å²) in [5.74, 6) is -0.154. The molecule has 1 unspecified atom stereocenters. The zero-order valence-corrected chi connectivity index (χ0v) is 12.6. The number of carbonyl (C=O) groups is 2. The van der Waals surface area contributed by atoms with Gasteiger partial charge in [-0.05, 0) is 24.1 Å². The number of rotatable bonds is 7. The predicted molar refractivity (Wildman–Crippen MR) is 79.3 cm³/mol. The summed E-state index contributed by atoms with van der Waals surface area (Å²) in [4.78, 5) is 24.2. The maximum absolute atomic E-state index is 12.0. The van der Waals surface area contributed by atoms with Crippen molar-refractivity contribution in [3.63, 3.8) is 0 Å². The number of ether oxygens (including phenoxy) is 1. The Kier molecular flexibility index (Phi) is 6.52. The number of methoxy groups -OCH3 is 1. The zero-order chi connectivity index (χ0) is 15.8. The molecule has 0 fully saturated rings. The molecule has 6 nitrogen and oxygen atoms in total. The third-order valence-electron chi connectivity index (χ3n) is 3.17. The summed E-state index contributed by atoms with van der Waals surface area (Å²) >= 11 is 0. The van der Waals surface area contributed by atoms with Crippen LogP contribution < -0.4 is 10.1 Å². The summed E-state index contributed by atoms with van der Waals surface area (Å²) in [5, 5.41) is 11.5. The highest BCUT2D eigenvalue weighted by Crippen LogP contribution is 2.12. The molecule has 0 bridgehead atoms. The maximum Gasteiger partial charge on any atom is 0.317 e. The highest BCUT2D eigenvalue weighted by molar-refractivity contribution is 5.75. The lowest BCUT2D eigenvalue weighted by molar-refractivity contribution is -0.137. The molecule has 0 aliphatic heterocycles. The van der Waals surface area contributed by atoms with Crippen LogP contribution in [-0.4, -0.2) is 42.2 Å². The molecule has 0 aliphatic rings. The molecular formula is C15H22N2O4. The Morgan fingerprint density at radius 2 is 1.95 bits per heavy atom. The minimum absolute atomic E-state index is 0.0708. The number of nitrogens with one attached hydrogen (secondary N) is 1. The van der Waals surface area contributed by atoms with Crippen molar-refractivity contribution in [1.82, 2.24) is 10.2 Å². The average molecular weight is 294 g/mol. The van der Waals surface area contributed by atoms with E-state index in [2.05, 4.69) is 5.32 Å². The van der Waals surface area contributed by atoms with Crippen LogP contribution >= 0.6 is 0 Å². The Labute approximate surface area is 124 Å². The second-order valence-corrected chi connectivity index (χ2v) is 4.86. The fourth-order valence-electron chi connectivity index (χ4n) is 1.87. The Hall–Kier alpha value is -2.24. The van der Waals surface area contributed by atoms with Crippen molar-refractivity contribution >= 4 is 12.0 Å². The quantitative estimate of drug-likeness (QED) is 0.807. The molecule has 1 rings (SSSR count). The van der Waals surface area contributed by atoms with Crippen LogP contribution in [0.5, 0.6) is 5.75 Å². The van der Waals surface area contributed by atoms with E-state index in [1.807, 2.05) is 31.2 Å². The summed E-state index contributed by atoms with van der Waals surface area (Å²) in [6.07, 6.45) is 0.507. The van der Waals surface area contributed by atoms with Crippen molar-refractivity contribution in [2.24, 2.45) is 0 Å². The number of urea groups is 1. The van der Waals surface area contributed by atoms with Gasteiger partial charge in [-0.3, -0.25) is 4.79 Å². The molecule has 0 radical (unpaired) electrons. The lowest BCUT2D eigenvalue weighted by Crippen LogP contribution is -2.43. The van der Waals surface area contributed by atoms with Gasteiger partial charge in [0.1, 0.15) is 5.75 Å². The average Bonchev–Trinajstić information content (AvgIpc) is 2.46. The van der Waals surface area contributed by atoms with E-state index >= 15 is 0 Å². The molecule has 0 aromatic heterocycles. The zero-order valence-electron chi connectivity index (χ0n) is 12.6. The molecule has 1 aromatic rings. The first-order valence-corrected chi connectivity index (χ1v) is 6.82. The second-order valence-electron chi connectivity index (χ2n) is 4.86. The van der Waals surface area contributed by atoms with E-state index in [9.17, 15) is 9.59 Å². The van der Waals surface area contributed by atoms with Gasteiger partial charge in [0.05, 0.1) is 13.5 Å². The van der Waals surface area contributed by atoms with Gasteiger partial charge >= 0.3 is 12.0 Å². The molecule has 0 spiro atoms. The molecule has 1 atom stereocenters. The standard InChI is InChI=1S/C15H22N2O4/c1-4-12(9-14(18)19)16-15(20)17(2)10-11-5-7-13(21-3)8-6-11/h5-8,12H,4,9-10H2,1-3H3,(H,16,20)(H,18,19). The molecule has 0 saturated carbocycles. The number of nitrogens with zero attached hydrogens (tertiary/aromatic N) is 1. The van der Waals surface area contributed by atoms with Gasteiger partial charge in [-0.2, -0.15) is 0 Å². The van der Waals surface area contributed by atoms with E-state index in [0.717, 1.165) is 11.3 Å². The van der Waals surface area contributed by atoms with Crippen LogP contribution in [0.3, 0.4) is 0 Å². The Bertz CT molecular complexity index is 473. The monoisotopic (exact) mass is 294 g/mol. The van der Waals surface area contributed by atoms with Crippen molar-refractivity contribution in [2.75, 3.05) is 14.2 Å². The van der Waals surface area contributed by atoms with Crippen LogP contribution in [0.1, 0.15) is 25.3 Å². The van der Waals surface area contributed by atoms with Gasteiger partial charge in [0.2, 0.25) is 0 Å². The fraction of sp³-hybridized carbons (Fsp3) is 0.467. The van der Waals surface area contributed by atoms with Crippen molar-refractivity contribution in [3.8, 4) is 5.75 Å². The Balaban J connectivity index is 2.54. The first-order valence-electron chi connectivity index (χ1n) is 6.82. The molecule has 2 amide bonds. The summed E-state index contributed by atoms with van der Waals surface area (Å²) in [5.41, 5.74) is 0.972. The number of carboxylic acid groups (broad SMARTS) is 1. The lowest BCUT2D eigenvalue weighted by Gasteiger charge is -2.22. The number of carbonyl (C=O) groups excluding carboxylic acids is 1. The molecule has 116 valence electrons. The predicted octanol–water partition coefficient (Wildman–Crippen LogP) is 2.09. The number of benzene rings is 1. The van der Waals surface area contributed by atoms with Gasteiger partial charge in [-0.15, -0.1) is 0 Å². The lowest BCUT2D eigenvalue weighted by atomic mass is 10.1. The molecule has 1 aromatic carbocycles. The summed E-state index contributed by atoms with van der Waals surface area (Å²) < 4.78 is 5.08. The summed E-state index contributed by atoms with van der Waals surface area (Å²) in [6, 6.07) is 6.81. The normalized spacial score (nSPS) is 11.6. The topological polar surface area (TPSA) is 78.9 Å². The molecule has 0 aliphatic carbocycles. The van der Waals surface area contributed by atoms with E-state index in [0.29, 0.717) is 13.0 Å². The van der Waals surface area contributed by atoms with Crippen LogP contribution in [0.4, 0.5) is 4.79 Å². The number of aliphatic carboxylic acids is 1. The van der Waals surface area contributed by atoms with Crippen LogP contribution in [0.2, 0.25) is 0 Å². The number of hydrogen-bond donors (Lipinski definition) is 2. The molecule has 2 N–H and O–H groups in total. The fourth-order valence-corrected chi connectivity index (χ4v) is 1.87. The van der Waals surface area contributed by atoms with E-state index in [1.165, 1.54) is 4.90 Å². The summed E-state index contributed by atoms with van der Waals surface area (Å²) in [7, 11) is 3.27. The van der Waals surface area contributed by atoms with E-state index in [4.69, 9.17) is 9.84 Å². The molecule has 0 saturated heterocycles. The molecule has 21 heavy (non-hydrogen) atoms. The van der Waals surface area contributed by atoms with E-state index in [-0.39, 0.29) is 18.5 Å². The highest BCUT2D eigenvalue weighted by Gasteiger charge is 2.16. The third-order valence-corrected chi connectivity index (χ3v) is 3.17. The van der Waals surface area contributed by atoms with Gasteiger partial charge < -0.3 is 20.1 Å². The molecule has 0 heterocycles. The van der Waals surface area contributed by atoms with E-state index in [1.54, 1.807) is 14.2 Å². The van der Waals surface area contributed by atoms with Crippen LogP contribution in [0.25, 0.3) is 0 Å². The SMILES string of the molecule is CCC(CC(=O)O)NC(=O)N(C)Cc1ccc(OC)cc1.